The molecule has 0 bridgehead atoms. The molecular formula is C22H20N5O4S+. The average molecular weight is 451 g/mol. The van der Waals surface area contributed by atoms with Crippen molar-refractivity contribution >= 4 is 46.4 Å². The molecule has 1 aliphatic heterocycles. The van der Waals surface area contributed by atoms with Crippen LogP contribution in [0.5, 0.6) is 5.75 Å². The molecule has 0 saturated heterocycles. The van der Waals surface area contributed by atoms with Gasteiger partial charge >= 0.3 is 5.88 Å². The lowest BCUT2D eigenvalue weighted by atomic mass is 10.1. The van der Waals surface area contributed by atoms with E-state index in [9.17, 15) is 9.59 Å². The summed E-state index contributed by atoms with van der Waals surface area (Å²) in [7, 11) is 3.25. The number of amidine groups is 1. The van der Waals surface area contributed by atoms with Crippen LogP contribution in [0.15, 0.2) is 76.0 Å². The number of hydrogen-bond acceptors (Lipinski definition) is 7. The largest absolute Gasteiger partial charge is 0.496 e. The zero-order valence-electron chi connectivity index (χ0n) is 17.4. The van der Waals surface area contributed by atoms with Gasteiger partial charge in [-0.3, -0.25) is 24.3 Å². The second kappa shape index (κ2) is 9.48. The minimum Gasteiger partial charge on any atom is -0.496 e. The molecule has 10 heteroatoms. The third kappa shape index (κ3) is 4.70. The summed E-state index contributed by atoms with van der Waals surface area (Å²) in [6.07, 6.45) is 3.22. The molecule has 3 aromatic rings. The summed E-state index contributed by atoms with van der Waals surface area (Å²) < 4.78 is 11.8. The van der Waals surface area contributed by atoms with Crippen LogP contribution in [0.4, 0.5) is 11.6 Å². The number of thioether (sulfide) groups is 1. The fraction of sp³-hybridized carbons (Fsp3) is 0.136. The van der Waals surface area contributed by atoms with Crippen LogP contribution in [-0.2, 0) is 16.6 Å². The van der Waals surface area contributed by atoms with E-state index in [4.69, 9.17) is 9.26 Å². The van der Waals surface area contributed by atoms with E-state index in [0.29, 0.717) is 16.6 Å². The normalized spacial score (nSPS) is 14.6. The number of nitrogens with one attached hydrogen (secondary N) is 1. The molecule has 1 N–H and O–H groups in total. The van der Waals surface area contributed by atoms with Crippen LogP contribution in [0, 0.1) is 0 Å². The van der Waals surface area contributed by atoms with E-state index in [1.165, 1.54) is 9.58 Å². The summed E-state index contributed by atoms with van der Waals surface area (Å²) in [5.74, 6) is 0.306. The molecule has 0 spiro atoms. The van der Waals surface area contributed by atoms with Crippen molar-refractivity contribution in [3.63, 3.8) is 0 Å². The summed E-state index contributed by atoms with van der Waals surface area (Å²) in [5, 5.41) is 6.68. The Hall–Kier alpha value is -3.92. The van der Waals surface area contributed by atoms with Crippen molar-refractivity contribution in [3.05, 3.63) is 72.1 Å². The standard InChI is InChI=1S/C22H19N5O4S/c1-26-13-20(31-25-26)24-19(28)14-32-22-23-17(12-15-8-6-7-11-18(15)30-2)21(29)27(22)16-9-4-3-5-10-16/h3-13H,14H2,1-2H3/p+1/b17-12+. The Bertz CT molecular complexity index is 1210. The number of amides is 2. The number of hydrogen-bond donors (Lipinski definition) is 1. The Labute approximate surface area is 188 Å². The van der Waals surface area contributed by atoms with Crippen LogP contribution in [0.1, 0.15) is 5.56 Å². The van der Waals surface area contributed by atoms with E-state index < -0.39 is 0 Å². The number of methoxy groups -OCH3 is 1. The summed E-state index contributed by atoms with van der Waals surface area (Å²) >= 11 is 1.15. The highest BCUT2D eigenvalue weighted by Crippen LogP contribution is 2.30. The van der Waals surface area contributed by atoms with E-state index in [1.54, 1.807) is 26.4 Å². The lowest BCUT2D eigenvalue weighted by Crippen LogP contribution is -2.31. The number of anilines is 2. The van der Waals surface area contributed by atoms with Gasteiger partial charge in [-0.1, -0.05) is 52.8 Å². The van der Waals surface area contributed by atoms with E-state index in [1.807, 2.05) is 54.6 Å². The molecule has 0 unspecified atom stereocenters. The molecule has 0 saturated carbocycles. The van der Waals surface area contributed by atoms with Gasteiger partial charge in [0.15, 0.2) is 17.5 Å². The maximum Gasteiger partial charge on any atom is 0.302 e. The summed E-state index contributed by atoms with van der Waals surface area (Å²) in [6, 6.07) is 16.5. The Balaban J connectivity index is 1.59. The Morgan fingerprint density at radius 3 is 2.69 bits per heavy atom. The van der Waals surface area contributed by atoms with Gasteiger partial charge in [-0.25, -0.2) is 4.99 Å². The van der Waals surface area contributed by atoms with E-state index in [-0.39, 0.29) is 29.1 Å². The van der Waals surface area contributed by atoms with Crippen molar-refractivity contribution in [2.24, 2.45) is 12.0 Å². The van der Waals surface area contributed by atoms with Crippen molar-refractivity contribution in [1.82, 2.24) is 5.27 Å². The second-order valence-corrected chi connectivity index (χ2v) is 7.66. The Morgan fingerprint density at radius 2 is 1.97 bits per heavy atom. The molecule has 2 heterocycles. The Kier molecular flexibility index (Phi) is 6.31. The molecule has 32 heavy (non-hydrogen) atoms. The number of nitrogens with zero attached hydrogens (tertiary/aromatic N) is 4. The maximum atomic E-state index is 13.2. The topological polar surface area (TPSA) is 101 Å². The van der Waals surface area contributed by atoms with Crippen molar-refractivity contribution in [1.29, 1.82) is 0 Å². The average Bonchev–Trinajstić information content (AvgIpc) is 3.35. The molecule has 0 aliphatic carbocycles. The predicted octanol–water partition coefficient (Wildman–Crippen LogP) is 2.62. The number of carbonyl (C=O) groups is 2. The summed E-state index contributed by atoms with van der Waals surface area (Å²) in [5.41, 5.74) is 1.65. The van der Waals surface area contributed by atoms with Crippen LogP contribution in [0.2, 0.25) is 0 Å². The van der Waals surface area contributed by atoms with E-state index >= 15 is 0 Å². The number of rotatable bonds is 6. The second-order valence-electron chi connectivity index (χ2n) is 6.72. The van der Waals surface area contributed by atoms with Crippen LogP contribution in [-0.4, -0.2) is 35.1 Å². The summed E-state index contributed by atoms with van der Waals surface area (Å²) in [4.78, 5) is 31.6. The van der Waals surface area contributed by atoms with Gasteiger partial charge in [-0.2, -0.15) is 0 Å². The number of carbonyl (C=O) groups excluding carboxylic acids is 2. The minimum absolute atomic E-state index is 0.0296. The molecule has 0 fully saturated rings. The Morgan fingerprint density at radius 1 is 1.22 bits per heavy atom. The van der Waals surface area contributed by atoms with Gasteiger partial charge in [0.2, 0.25) is 5.91 Å². The molecule has 2 aromatic carbocycles. The molecule has 9 nitrogen and oxygen atoms in total. The minimum atomic E-state index is -0.308. The monoisotopic (exact) mass is 450 g/mol. The highest BCUT2D eigenvalue weighted by atomic mass is 32.2. The maximum absolute atomic E-state index is 13.2. The molecule has 1 aliphatic rings. The highest BCUT2D eigenvalue weighted by molar-refractivity contribution is 8.14. The molecule has 0 radical (unpaired) electrons. The van der Waals surface area contributed by atoms with Gasteiger partial charge in [-0.05, 0) is 24.3 Å². The molecule has 1 aromatic heterocycles. The first-order chi connectivity index (χ1) is 15.5. The zero-order valence-corrected chi connectivity index (χ0v) is 18.2. The van der Waals surface area contributed by atoms with Crippen LogP contribution < -0.4 is 19.6 Å². The predicted molar refractivity (Wildman–Crippen MR) is 121 cm³/mol. The van der Waals surface area contributed by atoms with Gasteiger partial charge in [0, 0.05) is 5.56 Å². The van der Waals surface area contributed by atoms with Gasteiger partial charge < -0.3 is 4.74 Å². The van der Waals surface area contributed by atoms with Crippen molar-refractivity contribution < 1.29 is 23.5 Å². The molecule has 0 atom stereocenters. The quantitative estimate of drug-likeness (QED) is 0.458. The number of ether oxygens (including phenoxy) is 1. The molecular weight excluding hydrogens is 430 g/mol. The van der Waals surface area contributed by atoms with Gasteiger partial charge in [0.05, 0.1) is 18.6 Å². The first-order valence-electron chi connectivity index (χ1n) is 9.63. The van der Waals surface area contributed by atoms with E-state index in [0.717, 1.165) is 17.3 Å². The zero-order chi connectivity index (χ0) is 22.5. The first-order valence-corrected chi connectivity index (χ1v) is 10.6. The number of para-hydroxylation sites is 2. The third-order valence-corrected chi connectivity index (χ3v) is 5.38. The molecule has 2 amide bonds. The smallest absolute Gasteiger partial charge is 0.302 e. The fourth-order valence-electron chi connectivity index (χ4n) is 3.01. The lowest BCUT2D eigenvalue weighted by Gasteiger charge is -2.17. The van der Waals surface area contributed by atoms with E-state index in [2.05, 4.69) is 15.6 Å². The lowest BCUT2D eigenvalue weighted by molar-refractivity contribution is -0.739. The van der Waals surface area contributed by atoms with Crippen LogP contribution in [0.3, 0.4) is 0 Å². The first kappa shape index (κ1) is 21.3. The number of aliphatic imine (C=N–C) groups is 1. The molecule has 162 valence electrons. The van der Waals surface area contributed by atoms with Crippen molar-refractivity contribution in [2.45, 2.75) is 0 Å². The molecule has 4 rings (SSSR count). The highest BCUT2D eigenvalue weighted by Gasteiger charge is 2.32. The fourth-order valence-corrected chi connectivity index (χ4v) is 3.83. The van der Waals surface area contributed by atoms with Gasteiger partial charge in [-0.15, -0.1) is 0 Å². The number of benzene rings is 2. The van der Waals surface area contributed by atoms with Crippen molar-refractivity contribution in [3.8, 4) is 5.75 Å². The number of aryl methyl sites for hydroxylation is 1. The number of aromatic nitrogens is 2. The van der Waals surface area contributed by atoms with Crippen LogP contribution in [0.25, 0.3) is 6.08 Å². The summed E-state index contributed by atoms with van der Waals surface area (Å²) in [6.45, 7) is 0. The van der Waals surface area contributed by atoms with Crippen molar-refractivity contribution in [2.75, 3.05) is 23.1 Å². The van der Waals surface area contributed by atoms with Crippen LogP contribution >= 0.6 is 11.8 Å². The van der Waals surface area contributed by atoms with Gasteiger partial charge in [0.1, 0.15) is 11.4 Å². The third-order valence-electron chi connectivity index (χ3n) is 4.44. The SMILES string of the molecule is COc1ccccc1/C=C1/N=C(SCC(=O)Nc2c[n+](C)no2)N(c2ccccc2)C1=O. The van der Waals surface area contributed by atoms with Gasteiger partial charge in [0.25, 0.3) is 12.1 Å².